The topological polar surface area (TPSA) is 42.2 Å². The van der Waals surface area contributed by atoms with Gasteiger partial charge in [0.05, 0.1) is 6.04 Å². The predicted octanol–water partition coefficient (Wildman–Crippen LogP) is 4.90. The fourth-order valence-electron chi connectivity index (χ4n) is 2.66. The summed E-state index contributed by atoms with van der Waals surface area (Å²) < 4.78 is 18.7. The molecule has 1 amide bonds. The quantitative estimate of drug-likeness (QED) is 0.695. The number of carbonyl (C=O) groups excluding carboxylic acids is 1. The van der Waals surface area contributed by atoms with Gasteiger partial charge in [0.25, 0.3) is 0 Å². The van der Waals surface area contributed by atoms with Gasteiger partial charge in [-0.3, -0.25) is 4.79 Å². The van der Waals surface area contributed by atoms with Crippen LogP contribution >= 0.6 is 0 Å². The Hall–Kier alpha value is -2.88. The monoisotopic (exact) mass is 337 g/mol. The van der Waals surface area contributed by atoms with Crippen LogP contribution in [0.1, 0.15) is 30.7 Å². The minimum Gasteiger partial charge on any atom is -0.461 e. The summed E-state index contributed by atoms with van der Waals surface area (Å²) in [6.07, 6.45) is 0.877. The minimum absolute atomic E-state index is 0.0607. The molecule has 0 fully saturated rings. The first-order valence-electron chi connectivity index (χ1n) is 8.31. The average Bonchev–Trinajstić information content (AvgIpc) is 3.10. The Balaban J connectivity index is 1.52. The van der Waals surface area contributed by atoms with E-state index in [4.69, 9.17) is 4.42 Å². The molecule has 1 N–H and O–H groups in total. The number of amides is 1. The van der Waals surface area contributed by atoms with Crippen molar-refractivity contribution in [3.8, 4) is 11.3 Å². The van der Waals surface area contributed by atoms with Crippen LogP contribution in [0.3, 0.4) is 0 Å². The molecule has 1 heterocycles. The highest BCUT2D eigenvalue weighted by atomic mass is 19.1. The molecule has 1 atom stereocenters. The first-order valence-corrected chi connectivity index (χ1v) is 8.31. The highest BCUT2D eigenvalue weighted by Crippen LogP contribution is 2.22. The highest BCUT2D eigenvalue weighted by molar-refractivity contribution is 5.76. The van der Waals surface area contributed by atoms with Gasteiger partial charge >= 0.3 is 0 Å². The molecule has 4 heteroatoms. The Kier molecular flexibility index (Phi) is 5.29. The van der Waals surface area contributed by atoms with Crippen LogP contribution in [0.15, 0.2) is 71.1 Å². The molecule has 3 rings (SSSR count). The van der Waals surface area contributed by atoms with Crippen molar-refractivity contribution >= 4 is 5.91 Å². The number of furan rings is 1. The van der Waals surface area contributed by atoms with Crippen LogP contribution in [0, 0.1) is 5.82 Å². The fourth-order valence-corrected chi connectivity index (χ4v) is 2.66. The molecule has 1 aromatic heterocycles. The number of benzene rings is 2. The number of carbonyl (C=O) groups is 1. The van der Waals surface area contributed by atoms with Crippen LogP contribution in [0.4, 0.5) is 4.39 Å². The predicted molar refractivity (Wildman–Crippen MR) is 95.4 cm³/mol. The Morgan fingerprint density at radius 2 is 1.76 bits per heavy atom. The molecule has 0 saturated heterocycles. The molecular formula is C21H20FNO2. The maximum atomic E-state index is 12.9. The summed E-state index contributed by atoms with van der Waals surface area (Å²) in [6.45, 7) is 1.88. The minimum atomic E-state index is -0.283. The third-order valence-electron chi connectivity index (χ3n) is 4.07. The van der Waals surface area contributed by atoms with Crippen LogP contribution in [0.2, 0.25) is 0 Å². The second-order valence-corrected chi connectivity index (χ2v) is 5.97. The number of hydrogen-bond acceptors (Lipinski definition) is 2. The Bertz CT molecular complexity index is 825. The van der Waals surface area contributed by atoms with Crippen molar-refractivity contribution in [3.63, 3.8) is 0 Å². The molecule has 1 unspecified atom stereocenters. The van der Waals surface area contributed by atoms with Crippen LogP contribution in [-0.4, -0.2) is 5.91 Å². The van der Waals surface area contributed by atoms with Gasteiger partial charge in [0.15, 0.2) is 0 Å². The fraction of sp³-hybridized carbons (Fsp3) is 0.190. The molecule has 0 bridgehead atoms. The van der Waals surface area contributed by atoms with Gasteiger partial charge in [-0.15, -0.1) is 0 Å². The van der Waals surface area contributed by atoms with Crippen molar-refractivity contribution < 1.29 is 13.6 Å². The zero-order valence-corrected chi connectivity index (χ0v) is 14.0. The standard InChI is InChI=1S/C21H20FNO2/c1-15(16-7-9-18(22)10-8-16)23-21(24)14-12-19-11-13-20(25-19)17-5-3-2-4-6-17/h2-11,13,15H,12,14H2,1H3,(H,23,24). The van der Waals surface area contributed by atoms with E-state index < -0.39 is 0 Å². The first kappa shape index (κ1) is 17.0. The SMILES string of the molecule is CC(NC(=O)CCc1ccc(-c2ccccc2)o1)c1ccc(F)cc1. The molecule has 128 valence electrons. The van der Waals surface area contributed by atoms with E-state index in [1.807, 2.05) is 49.4 Å². The summed E-state index contributed by atoms with van der Waals surface area (Å²) >= 11 is 0. The summed E-state index contributed by atoms with van der Waals surface area (Å²) in [5.74, 6) is 1.24. The molecule has 3 aromatic rings. The third kappa shape index (κ3) is 4.57. The molecule has 0 aliphatic carbocycles. The van der Waals surface area contributed by atoms with Gasteiger partial charge in [-0.1, -0.05) is 42.5 Å². The Labute approximate surface area is 146 Å². The molecular weight excluding hydrogens is 317 g/mol. The summed E-state index contributed by atoms with van der Waals surface area (Å²) in [4.78, 5) is 12.1. The van der Waals surface area contributed by atoms with Gasteiger partial charge < -0.3 is 9.73 Å². The maximum absolute atomic E-state index is 12.9. The smallest absolute Gasteiger partial charge is 0.220 e. The highest BCUT2D eigenvalue weighted by Gasteiger charge is 2.11. The molecule has 2 aromatic carbocycles. The number of halogens is 1. The zero-order valence-electron chi connectivity index (χ0n) is 14.0. The lowest BCUT2D eigenvalue weighted by Crippen LogP contribution is -2.26. The van der Waals surface area contributed by atoms with Crippen LogP contribution in [-0.2, 0) is 11.2 Å². The van der Waals surface area contributed by atoms with E-state index in [0.717, 1.165) is 22.6 Å². The van der Waals surface area contributed by atoms with Gasteiger partial charge in [-0.25, -0.2) is 4.39 Å². The number of nitrogens with one attached hydrogen (secondary N) is 1. The molecule has 0 aliphatic heterocycles. The van der Waals surface area contributed by atoms with E-state index >= 15 is 0 Å². The second kappa shape index (κ2) is 7.79. The normalized spacial score (nSPS) is 11.9. The lowest BCUT2D eigenvalue weighted by molar-refractivity contribution is -0.121. The Morgan fingerprint density at radius 1 is 1.04 bits per heavy atom. The van der Waals surface area contributed by atoms with Crippen LogP contribution < -0.4 is 5.32 Å². The average molecular weight is 337 g/mol. The van der Waals surface area contributed by atoms with E-state index in [-0.39, 0.29) is 17.8 Å². The van der Waals surface area contributed by atoms with Gasteiger partial charge in [-0.2, -0.15) is 0 Å². The molecule has 25 heavy (non-hydrogen) atoms. The molecule has 0 spiro atoms. The summed E-state index contributed by atoms with van der Waals surface area (Å²) in [5.41, 5.74) is 1.89. The van der Waals surface area contributed by atoms with Gasteiger partial charge in [0, 0.05) is 18.4 Å². The zero-order chi connectivity index (χ0) is 17.6. The van der Waals surface area contributed by atoms with Crippen LogP contribution in [0.25, 0.3) is 11.3 Å². The number of rotatable bonds is 6. The third-order valence-corrected chi connectivity index (χ3v) is 4.07. The van der Waals surface area contributed by atoms with Gasteiger partial charge in [0.1, 0.15) is 17.3 Å². The summed E-state index contributed by atoms with van der Waals surface area (Å²) in [6, 6.07) is 19.7. The summed E-state index contributed by atoms with van der Waals surface area (Å²) in [7, 11) is 0. The molecule has 3 nitrogen and oxygen atoms in total. The van der Waals surface area contributed by atoms with Gasteiger partial charge in [0.2, 0.25) is 5.91 Å². The van der Waals surface area contributed by atoms with E-state index in [0.29, 0.717) is 12.8 Å². The first-order chi connectivity index (χ1) is 12.1. The van der Waals surface area contributed by atoms with E-state index in [2.05, 4.69) is 5.32 Å². The van der Waals surface area contributed by atoms with E-state index in [9.17, 15) is 9.18 Å². The van der Waals surface area contributed by atoms with Crippen molar-refractivity contribution in [2.45, 2.75) is 25.8 Å². The van der Waals surface area contributed by atoms with Crippen LogP contribution in [0.5, 0.6) is 0 Å². The van der Waals surface area contributed by atoms with Crippen molar-refractivity contribution in [3.05, 3.63) is 83.9 Å². The molecule has 0 radical (unpaired) electrons. The summed E-state index contributed by atoms with van der Waals surface area (Å²) in [5, 5.41) is 2.92. The number of aryl methyl sites for hydroxylation is 1. The van der Waals surface area contributed by atoms with E-state index in [1.54, 1.807) is 12.1 Å². The molecule has 0 aliphatic rings. The van der Waals surface area contributed by atoms with Crippen molar-refractivity contribution in [1.29, 1.82) is 0 Å². The van der Waals surface area contributed by atoms with Crippen molar-refractivity contribution in [1.82, 2.24) is 5.32 Å². The largest absolute Gasteiger partial charge is 0.461 e. The second-order valence-electron chi connectivity index (χ2n) is 5.97. The van der Waals surface area contributed by atoms with Crippen molar-refractivity contribution in [2.75, 3.05) is 0 Å². The number of hydrogen-bond donors (Lipinski definition) is 1. The molecule has 0 saturated carbocycles. The maximum Gasteiger partial charge on any atom is 0.220 e. The van der Waals surface area contributed by atoms with Gasteiger partial charge in [-0.05, 0) is 36.8 Å². The van der Waals surface area contributed by atoms with E-state index in [1.165, 1.54) is 12.1 Å². The van der Waals surface area contributed by atoms with Crippen molar-refractivity contribution in [2.24, 2.45) is 0 Å². The lowest BCUT2D eigenvalue weighted by atomic mass is 10.1. The Morgan fingerprint density at radius 3 is 2.48 bits per heavy atom. The lowest BCUT2D eigenvalue weighted by Gasteiger charge is -2.14.